The van der Waals surface area contributed by atoms with Crippen molar-refractivity contribution in [2.75, 3.05) is 0 Å². The van der Waals surface area contributed by atoms with Gasteiger partial charge in [0.1, 0.15) is 5.82 Å². The topological polar surface area (TPSA) is 39.2 Å². The lowest BCUT2D eigenvalue weighted by Gasteiger charge is -2.12. The Morgan fingerprint density at radius 1 is 1.38 bits per heavy atom. The largest absolute Gasteiger partial charge is 0.472 e. The maximum atomic E-state index is 13.2. The van der Waals surface area contributed by atoms with Gasteiger partial charge in [0, 0.05) is 6.04 Å². The minimum absolute atomic E-state index is 0.0958. The summed E-state index contributed by atoms with van der Waals surface area (Å²) >= 11 is 5.85. The molecule has 0 aliphatic rings. The summed E-state index contributed by atoms with van der Waals surface area (Å²) in [4.78, 5) is 0. The molecule has 0 radical (unpaired) electrons. The van der Waals surface area contributed by atoms with E-state index in [2.05, 4.69) is 0 Å². The molecule has 0 saturated carbocycles. The molecule has 0 aliphatic carbocycles. The normalized spacial score (nSPS) is 12.7. The average molecular weight is 240 g/mol. The Bertz CT molecular complexity index is 470. The quantitative estimate of drug-likeness (QED) is 0.893. The van der Waals surface area contributed by atoms with Crippen LogP contribution in [0, 0.1) is 5.82 Å². The highest BCUT2D eigenvalue weighted by Crippen LogP contribution is 2.26. The third-order valence-corrected chi connectivity index (χ3v) is 2.82. The van der Waals surface area contributed by atoms with Gasteiger partial charge in [-0.05, 0) is 29.7 Å². The minimum atomic E-state index is -0.443. The fourth-order valence-corrected chi connectivity index (χ4v) is 1.85. The second-order valence-corrected chi connectivity index (χ2v) is 3.96. The zero-order valence-corrected chi connectivity index (χ0v) is 9.25. The number of halogens is 2. The summed E-state index contributed by atoms with van der Waals surface area (Å²) in [6.07, 6.45) is 3.77. The average Bonchev–Trinajstić information content (AvgIpc) is 2.74. The van der Waals surface area contributed by atoms with Crippen LogP contribution < -0.4 is 5.73 Å². The van der Waals surface area contributed by atoms with E-state index in [4.69, 9.17) is 21.8 Å². The van der Waals surface area contributed by atoms with E-state index >= 15 is 0 Å². The predicted molar refractivity (Wildman–Crippen MR) is 60.8 cm³/mol. The monoisotopic (exact) mass is 239 g/mol. The van der Waals surface area contributed by atoms with Crippen LogP contribution in [0.15, 0.2) is 41.2 Å². The van der Waals surface area contributed by atoms with Crippen LogP contribution in [0.4, 0.5) is 4.39 Å². The molecule has 1 aromatic heterocycles. The molecule has 0 amide bonds. The SMILES string of the molecule is NC(Cc1ccoc1)c1cccc(F)c1Cl. The lowest BCUT2D eigenvalue weighted by atomic mass is 10.0. The van der Waals surface area contributed by atoms with Crippen LogP contribution in [0.1, 0.15) is 17.2 Å². The standard InChI is InChI=1S/C12H11ClFNO/c13-12-9(2-1-3-10(12)14)11(15)6-8-4-5-16-7-8/h1-5,7,11H,6,15H2. The van der Waals surface area contributed by atoms with E-state index in [-0.39, 0.29) is 11.1 Å². The zero-order chi connectivity index (χ0) is 11.5. The molecule has 84 valence electrons. The number of rotatable bonds is 3. The van der Waals surface area contributed by atoms with Gasteiger partial charge in [-0.15, -0.1) is 0 Å². The molecule has 0 spiro atoms. The van der Waals surface area contributed by atoms with Crippen LogP contribution in [0.2, 0.25) is 5.02 Å². The maximum Gasteiger partial charge on any atom is 0.142 e. The van der Waals surface area contributed by atoms with E-state index in [1.54, 1.807) is 24.7 Å². The summed E-state index contributed by atoms with van der Waals surface area (Å²) in [6.45, 7) is 0. The molecule has 2 nitrogen and oxygen atoms in total. The molecular formula is C12H11ClFNO. The molecule has 0 fully saturated rings. The first-order valence-corrected chi connectivity index (χ1v) is 5.27. The molecule has 2 N–H and O–H groups in total. The molecule has 1 aromatic carbocycles. The first-order valence-electron chi connectivity index (χ1n) is 4.89. The van der Waals surface area contributed by atoms with Crippen molar-refractivity contribution in [3.8, 4) is 0 Å². The van der Waals surface area contributed by atoms with Crippen LogP contribution >= 0.6 is 11.6 Å². The predicted octanol–water partition coefficient (Wildman–Crippen LogP) is 3.31. The fourth-order valence-electron chi connectivity index (χ4n) is 1.58. The number of hydrogen-bond donors (Lipinski definition) is 1. The van der Waals surface area contributed by atoms with Gasteiger partial charge in [-0.25, -0.2) is 4.39 Å². The summed E-state index contributed by atoms with van der Waals surface area (Å²) in [5, 5.41) is 0.0958. The Balaban J connectivity index is 2.21. The van der Waals surface area contributed by atoms with E-state index in [1.165, 1.54) is 6.07 Å². The van der Waals surface area contributed by atoms with E-state index in [9.17, 15) is 4.39 Å². The molecule has 1 atom stereocenters. The summed E-state index contributed by atoms with van der Waals surface area (Å²) < 4.78 is 18.2. The molecule has 2 aromatic rings. The second-order valence-electron chi connectivity index (χ2n) is 3.59. The van der Waals surface area contributed by atoms with E-state index < -0.39 is 5.82 Å². The summed E-state index contributed by atoms with van der Waals surface area (Å²) in [5.74, 6) is -0.443. The lowest BCUT2D eigenvalue weighted by Crippen LogP contribution is -2.13. The van der Waals surface area contributed by atoms with E-state index in [1.807, 2.05) is 6.07 Å². The van der Waals surface area contributed by atoms with Gasteiger partial charge in [0.2, 0.25) is 0 Å². The third-order valence-electron chi connectivity index (χ3n) is 2.42. The molecular weight excluding hydrogens is 229 g/mol. The number of furan rings is 1. The van der Waals surface area contributed by atoms with Gasteiger partial charge in [0.05, 0.1) is 17.5 Å². The molecule has 0 bridgehead atoms. The Labute approximate surface area is 97.8 Å². The Morgan fingerprint density at radius 2 is 2.19 bits per heavy atom. The molecule has 1 unspecified atom stereocenters. The van der Waals surface area contributed by atoms with Crippen molar-refractivity contribution >= 4 is 11.6 Å². The van der Waals surface area contributed by atoms with E-state index in [0.717, 1.165) is 5.56 Å². The van der Waals surface area contributed by atoms with E-state index in [0.29, 0.717) is 12.0 Å². The van der Waals surface area contributed by atoms with Crippen molar-refractivity contribution in [1.82, 2.24) is 0 Å². The zero-order valence-electron chi connectivity index (χ0n) is 8.49. The van der Waals surface area contributed by atoms with Crippen LogP contribution in [-0.4, -0.2) is 0 Å². The first-order chi connectivity index (χ1) is 7.68. The lowest BCUT2D eigenvalue weighted by molar-refractivity contribution is 0.561. The van der Waals surface area contributed by atoms with Crippen LogP contribution in [-0.2, 0) is 6.42 Å². The van der Waals surface area contributed by atoms with Crippen molar-refractivity contribution in [2.24, 2.45) is 5.73 Å². The van der Waals surface area contributed by atoms with Gasteiger partial charge in [-0.1, -0.05) is 23.7 Å². The number of nitrogens with two attached hydrogens (primary N) is 1. The Kier molecular flexibility index (Phi) is 3.27. The Hall–Kier alpha value is -1.32. The van der Waals surface area contributed by atoms with Crippen molar-refractivity contribution in [3.05, 3.63) is 58.8 Å². The molecule has 2 rings (SSSR count). The van der Waals surface area contributed by atoms with Gasteiger partial charge < -0.3 is 10.2 Å². The molecule has 1 heterocycles. The minimum Gasteiger partial charge on any atom is -0.472 e. The van der Waals surface area contributed by atoms with Crippen LogP contribution in [0.3, 0.4) is 0 Å². The second kappa shape index (κ2) is 4.68. The van der Waals surface area contributed by atoms with Crippen LogP contribution in [0.25, 0.3) is 0 Å². The smallest absolute Gasteiger partial charge is 0.142 e. The van der Waals surface area contributed by atoms with Crippen LogP contribution in [0.5, 0.6) is 0 Å². The number of benzene rings is 1. The third kappa shape index (κ3) is 2.26. The van der Waals surface area contributed by atoms with Gasteiger partial charge >= 0.3 is 0 Å². The molecule has 16 heavy (non-hydrogen) atoms. The summed E-state index contributed by atoms with van der Waals surface area (Å²) in [5.41, 5.74) is 7.54. The van der Waals surface area contributed by atoms with Crippen molar-refractivity contribution < 1.29 is 8.81 Å². The Morgan fingerprint density at radius 3 is 2.88 bits per heavy atom. The summed E-state index contributed by atoms with van der Waals surface area (Å²) in [6, 6.07) is 6.14. The fraction of sp³-hybridized carbons (Fsp3) is 0.167. The number of hydrogen-bond acceptors (Lipinski definition) is 2. The van der Waals surface area contributed by atoms with Gasteiger partial charge in [0.25, 0.3) is 0 Å². The van der Waals surface area contributed by atoms with Crippen molar-refractivity contribution in [2.45, 2.75) is 12.5 Å². The first kappa shape index (κ1) is 11.2. The van der Waals surface area contributed by atoms with Gasteiger partial charge in [-0.3, -0.25) is 0 Å². The van der Waals surface area contributed by atoms with Crippen molar-refractivity contribution in [3.63, 3.8) is 0 Å². The van der Waals surface area contributed by atoms with Gasteiger partial charge in [0.15, 0.2) is 0 Å². The molecule has 0 saturated heterocycles. The van der Waals surface area contributed by atoms with Gasteiger partial charge in [-0.2, -0.15) is 0 Å². The van der Waals surface area contributed by atoms with Crippen molar-refractivity contribution in [1.29, 1.82) is 0 Å². The highest BCUT2D eigenvalue weighted by Gasteiger charge is 2.13. The molecule has 4 heteroatoms. The highest BCUT2D eigenvalue weighted by molar-refractivity contribution is 6.31. The molecule has 0 aliphatic heterocycles. The highest BCUT2D eigenvalue weighted by atomic mass is 35.5. The maximum absolute atomic E-state index is 13.2. The summed E-state index contributed by atoms with van der Waals surface area (Å²) in [7, 11) is 0.